The summed E-state index contributed by atoms with van der Waals surface area (Å²) in [5.41, 5.74) is 0.590. The van der Waals surface area contributed by atoms with E-state index in [-0.39, 0.29) is 34.1 Å². The van der Waals surface area contributed by atoms with E-state index in [9.17, 15) is 9.59 Å². The Balaban J connectivity index is 0.000000172. The van der Waals surface area contributed by atoms with Gasteiger partial charge in [0.1, 0.15) is 24.4 Å². The van der Waals surface area contributed by atoms with Crippen LogP contribution in [-0.4, -0.2) is 105 Å². The standard InChI is InChI=1S/C22H20ClFN6O2.C13H22N2O2/c23-12-7-13(14-10-26-29-16(14)8-12)18-17(24)19-15(9-25-18)20(31)28-21(27-19)32-11-22-3-1-5-30(22)6-2-4-22;16-13(9-17-8-10-1-2-10)15-6-4-11-3-5-14-7-12(11)15/h7-10H,1-6,11H2,(H,26,29)(H,27,28,31);10-12,14H,1-9H2. The number of hydrogen-bond donors (Lipinski definition) is 3. The van der Waals surface area contributed by atoms with Crippen molar-refractivity contribution in [3.63, 3.8) is 0 Å². The van der Waals surface area contributed by atoms with Gasteiger partial charge in [-0.05, 0) is 95.0 Å². The first-order chi connectivity index (χ1) is 23.9. The second-order valence-corrected chi connectivity index (χ2v) is 14.6. The third-order valence-corrected chi connectivity index (χ3v) is 11.3. The van der Waals surface area contributed by atoms with Gasteiger partial charge in [0.15, 0.2) is 5.82 Å². The lowest BCUT2D eigenvalue weighted by atomic mass is 9.93. The SMILES string of the molecule is O=C(COCC1CC1)N1CCC2CCNCC21.O=c1[nH]c(OCC23CCCN2CCC3)nc2c(F)c(-c3cc(Cl)cc4[nH]ncc34)ncc12. The van der Waals surface area contributed by atoms with Gasteiger partial charge in [0, 0.05) is 41.3 Å². The average Bonchev–Trinajstić information content (AvgIpc) is 3.43. The van der Waals surface area contributed by atoms with Gasteiger partial charge < -0.3 is 19.7 Å². The minimum absolute atomic E-state index is 0.0108. The highest BCUT2D eigenvalue weighted by molar-refractivity contribution is 6.31. The van der Waals surface area contributed by atoms with Gasteiger partial charge in [0.2, 0.25) is 5.91 Å². The van der Waals surface area contributed by atoms with Crippen LogP contribution in [0.25, 0.3) is 33.1 Å². The third-order valence-electron chi connectivity index (χ3n) is 11.1. The van der Waals surface area contributed by atoms with Gasteiger partial charge in [-0.25, -0.2) is 4.39 Å². The van der Waals surface area contributed by atoms with E-state index < -0.39 is 11.4 Å². The maximum Gasteiger partial charge on any atom is 0.297 e. The number of carbonyl (C=O) groups is 1. The molecule has 4 saturated heterocycles. The monoisotopic (exact) mass is 692 g/mol. The topological polar surface area (TPSA) is 141 Å². The first kappa shape index (κ1) is 32.5. The molecule has 4 aromatic rings. The number of piperidine rings is 1. The normalized spacial score (nSPS) is 23.0. The number of carbonyl (C=O) groups excluding carboxylic acids is 1. The summed E-state index contributed by atoms with van der Waals surface area (Å²) in [6.45, 7) is 6.65. The molecule has 0 radical (unpaired) electrons. The van der Waals surface area contributed by atoms with Crippen molar-refractivity contribution >= 4 is 39.3 Å². The second-order valence-electron chi connectivity index (χ2n) is 14.2. The zero-order chi connectivity index (χ0) is 33.5. The average molecular weight is 693 g/mol. The number of nitrogens with zero attached hydrogens (tertiary/aromatic N) is 5. The molecule has 49 heavy (non-hydrogen) atoms. The number of likely N-dealkylation sites (tertiary alicyclic amines) is 1. The number of aromatic amines is 2. The van der Waals surface area contributed by atoms with Crippen LogP contribution in [0.5, 0.6) is 6.01 Å². The van der Waals surface area contributed by atoms with Crippen molar-refractivity contribution in [1.82, 2.24) is 40.3 Å². The van der Waals surface area contributed by atoms with E-state index in [0.29, 0.717) is 40.7 Å². The fourth-order valence-electron chi connectivity index (χ4n) is 8.24. The van der Waals surface area contributed by atoms with Crippen molar-refractivity contribution in [3.8, 4) is 17.3 Å². The third kappa shape index (κ3) is 6.53. The molecular weight excluding hydrogens is 651 g/mol. The Morgan fingerprint density at radius 3 is 2.73 bits per heavy atom. The van der Waals surface area contributed by atoms with Crippen LogP contribution >= 0.6 is 11.6 Å². The summed E-state index contributed by atoms with van der Waals surface area (Å²) >= 11 is 6.21. The van der Waals surface area contributed by atoms with E-state index >= 15 is 4.39 Å². The van der Waals surface area contributed by atoms with E-state index in [0.717, 1.165) is 76.8 Å². The van der Waals surface area contributed by atoms with Crippen molar-refractivity contribution in [3.05, 3.63) is 45.7 Å². The zero-order valence-corrected chi connectivity index (χ0v) is 28.2. The van der Waals surface area contributed by atoms with Crippen LogP contribution in [0, 0.1) is 17.7 Å². The Hall–Kier alpha value is -3.65. The minimum Gasteiger partial charge on any atom is -0.463 e. The van der Waals surface area contributed by atoms with Crippen LogP contribution in [0.2, 0.25) is 5.02 Å². The molecule has 5 aliphatic rings. The molecule has 1 aliphatic carbocycles. The summed E-state index contributed by atoms with van der Waals surface area (Å²) in [6.07, 6.45) is 12.3. The zero-order valence-electron chi connectivity index (χ0n) is 27.5. The smallest absolute Gasteiger partial charge is 0.297 e. The lowest BCUT2D eigenvalue weighted by Gasteiger charge is -2.32. The highest BCUT2D eigenvalue weighted by Crippen LogP contribution is 2.39. The molecule has 2 atom stereocenters. The molecule has 0 bridgehead atoms. The molecule has 3 aromatic heterocycles. The molecule has 0 spiro atoms. The molecule has 1 amide bonds. The van der Waals surface area contributed by atoms with Crippen LogP contribution in [0.15, 0.2) is 29.3 Å². The largest absolute Gasteiger partial charge is 0.463 e. The van der Waals surface area contributed by atoms with Crippen LogP contribution < -0.4 is 15.6 Å². The first-order valence-corrected chi connectivity index (χ1v) is 17.9. The van der Waals surface area contributed by atoms with Crippen molar-refractivity contribution in [1.29, 1.82) is 0 Å². The van der Waals surface area contributed by atoms with E-state index in [1.54, 1.807) is 18.3 Å². The number of nitrogens with one attached hydrogen (secondary N) is 3. The van der Waals surface area contributed by atoms with Gasteiger partial charge in [-0.1, -0.05) is 11.6 Å². The number of hydrogen-bond acceptors (Lipinski definition) is 9. The van der Waals surface area contributed by atoms with E-state index in [1.807, 2.05) is 4.90 Å². The molecule has 260 valence electrons. The summed E-state index contributed by atoms with van der Waals surface area (Å²) in [5.74, 6) is 0.959. The fraction of sp³-hybridized carbons (Fsp3) is 0.571. The van der Waals surface area contributed by atoms with Crippen LogP contribution in [-0.2, 0) is 9.53 Å². The predicted molar refractivity (Wildman–Crippen MR) is 183 cm³/mol. The summed E-state index contributed by atoms with van der Waals surface area (Å²) in [5, 5.41) is 11.4. The number of pyridine rings is 1. The number of aromatic nitrogens is 5. The lowest BCUT2D eigenvalue weighted by molar-refractivity contribution is -0.137. The van der Waals surface area contributed by atoms with Crippen molar-refractivity contribution in [2.75, 3.05) is 52.5 Å². The Bertz CT molecular complexity index is 1900. The van der Waals surface area contributed by atoms with E-state index in [1.165, 1.54) is 31.9 Å². The van der Waals surface area contributed by atoms with E-state index in [2.05, 4.69) is 35.4 Å². The number of ether oxygens (including phenoxy) is 2. The van der Waals surface area contributed by atoms with Gasteiger partial charge in [-0.3, -0.25) is 29.6 Å². The molecule has 7 heterocycles. The van der Waals surface area contributed by atoms with Crippen molar-refractivity contribution in [2.45, 2.75) is 62.9 Å². The molecule has 9 rings (SSSR count). The molecule has 3 N–H and O–H groups in total. The molecule has 14 heteroatoms. The highest BCUT2D eigenvalue weighted by Gasteiger charge is 2.45. The minimum atomic E-state index is -0.704. The summed E-state index contributed by atoms with van der Waals surface area (Å²) in [6, 6.07) is 3.78. The van der Waals surface area contributed by atoms with Gasteiger partial charge in [0.05, 0.1) is 29.2 Å². The molecular formula is C35H42ClFN8O4. The van der Waals surface area contributed by atoms with Crippen LogP contribution in [0.3, 0.4) is 0 Å². The number of rotatable bonds is 8. The van der Waals surface area contributed by atoms with Crippen molar-refractivity contribution in [2.24, 2.45) is 11.8 Å². The molecule has 1 aromatic carbocycles. The summed E-state index contributed by atoms with van der Waals surface area (Å²) in [7, 11) is 0. The van der Waals surface area contributed by atoms with Crippen LogP contribution in [0.4, 0.5) is 4.39 Å². The molecule has 5 fully saturated rings. The number of amides is 1. The number of H-pyrrole nitrogens is 2. The number of benzene rings is 1. The maximum absolute atomic E-state index is 15.6. The predicted octanol–water partition coefficient (Wildman–Crippen LogP) is 4.28. The summed E-state index contributed by atoms with van der Waals surface area (Å²) < 4.78 is 27.0. The van der Waals surface area contributed by atoms with E-state index in [4.69, 9.17) is 21.1 Å². The Kier molecular flexibility index (Phi) is 9.02. The van der Waals surface area contributed by atoms with Crippen molar-refractivity contribution < 1.29 is 18.7 Å². The van der Waals surface area contributed by atoms with Gasteiger partial charge >= 0.3 is 0 Å². The Morgan fingerprint density at radius 1 is 1.08 bits per heavy atom. The quantitative estimate of drug-likeness (QED) is 0.247. The molecule has 4 aliphatic heterocycles. The summed E-state index contributed by atoms with van der Waals surface area (Å²) in [4.78, 5) is 40.3. The fourth-order valence-corrected chi connectivity index (χ4v) is 8.46. The lowest BCUT2D eigenvalue weighted by Crippen LogP contribution is -2.48. The maximum atomic E-state index is 15.6. The van der Waals surface area contributed by atoms with Crippen LogP contribution in [0.1, 0.15) is 51.4 Å². The molecule has 1 saturated carbocycles. The Morgan fingerprint density at radius 2 is 1.92 bits per heavy atom. The second kappa shape index (κ2) is 13.6. The number of fused-ring (bicyclic) bond motifs is 4. The first-order valence-electron chi connectivity index (χ1n) is 17.6. The van der Waals surface area contributed by atoms with Gasteiger partial charge in [0.25, 0.3) is 11.6 Å². The molecule has 2 unspecified atom stereocenters. The molecule has 12 nitrogen and oxygen atoms in total. The van der Waals surface area contributed by atoms with Gasteiger partial charge in [-0.2, -0.15) is 10.1 Å². The van der Waals surface area contributed by atoms with Gasteiger partial charge in [-0.15, -0.1) is 0 Å². The highest BCUT2D eigenvalue weighted by atomic mass is 35.5. The number of halogens is 2. The Labute approximate surface area is 288 Å².